The zero-order valence-corrected chi connectivity index (χ0v) is 10.2. The number of hydrogen-bond acceptors (Lipinski definition) is 1. The number of piperidine rings is 1. The lowest BCUT2D eigenvalue weighted by molar-refractivity contribution is -0.913. The molecule has 1 saturated heterocycles. The molecule has 0 aliphatic carbocycles. The molecule has 1 aromatic rings. The van der Waals surface area contributed by atoms with Crippen molar-refractivity contribution in [3.8, 4) is 0 Å². The van der Waals surface area contributed by atoms with Gasteiger partial charge in [-0.25, -0.2) is 0 Å². The molecule has 0 spiro atoms. The molecule has 0 amide bonds. The quantitative estimate of drug-likeness (QED) is 0.714. The van der Waals surface area contributed by atoms with Crippen molar-refractivity contribution >= 4 is 0 Å². The molecule has 0 aromatic carbocycles. The summed E-state index contributed by atoms with van der Waals surface area (Å²) in [6.07, 6.45) is 5.79. The van der Waals surface area contributed by atoms with Crippen molar-refractivity contribution in [3.63, 3.8) is 0 Å². The smallest absolute Gasteiger partial charge is 0.157 e. The highest BCUT2D eigenvalue weighted by atomic mass is 16.3. The van der Waals surface area contributed by atoms with Crippen LogP contribution in [0.2, 0.25) is 0 Å². The predicted octanol–water partition coefficient (Wildman–Crippen LogP) is -0.200. The molecular formula is C13H24N2O+2. The first-order chi connectivity index (χ1) is 7.88. The first-order valence-electron chi connectivity index (χ1n) is 6.57. The second-order valence-electron chi connectivity index (χ2n) is 4.86. The average molecular weight is 224 g/mol. The number of quaternary nitrogens is 2. The molecule has 0 radical (unpaired) electrons. The van der Waals surface area contributed by atoms with Gasteiger partial charge >= 0.3 is 0 Å². The normalized spacial score (nSPS) is 25.8. The number of nitrogens with one attached hydrogen (secondary N) is 1. The number of nitrogens with two attached hydrogens (primary N) is 1. The van der Waals surface area contributed by atoms with E-state index in [-0.39, 0.29) is 0 Å². The van der Waals surface area contributed by atoms with Crippen LogP contribution in [0, 0.1) is 0 Å². The van der Waals surface area contributed by atoms with Crippen LogP contribution in [0.3, 0.4) is 0 Å². The van der Waals surface area contributed by atoms with Crippen LogP contribution in [0.25, 0.3) is 0 Å². The molecule has 3 N–H and O–H groups in total. The van der Waals surface area contributed by atoms with Gasteiger partial charge in [0.25, 0.3) is 0 Å². The number of hydrogen-bond donors (Lipinski definition) is 2. The molecule has 3 heteroatoms. The Kier molecular flexibility index (Phi) is 4.43. The lowest BCUT2D eigenvalue weighted by Crippen LogP contribution is -3.14. The minimum atomic E-state index is 0.811. The van der Waals surface area contributed by atoms with Crippen molar-refractivity contribution < 1.29 is 14.6 Å². The van der Waals surface area contributed by atoms with Crippen molar-refractivity contribution in [1.29, 1.82) is 0 Å². The Bertz CT molecular complexity index is 276. The third kappa shape index (κ3) is 3.35. The molecule has 1 aromatic heterocycles. The van der Waals surface area contributed by atoms with Gasteiger partial charge in [0, 0.05) is 12.8 Å². The van der Waals surface area contributed by atoms with Gasteiger partial charge in [0.05, 0.1) is 31.9 Å². The van der Waals surface area contributed by atoms with Gasteiger partial charge in [-0.1, -0.05) is 6.92 Å². The molecule has 16 heavy (non-hydrogen) atoms. The highest BCUT2D eigenvalue weighted by Crippen LogP contribution is 1.98. The second kappa shape index (κ2) is 6.06. The van der Waals surface area contributed by atoms with Crippen LogP contribution in [-0.2, 0) is 6.54 Å². The second-order valence-corrected chi connectivity index (χ2v) is 4.86. The fourth-order valence-corrected chi connectivity index (χ4v) is 2.60. The van der Waals surface area contributed by atoms with E-state index in [0.29, 0.717) is 0 Å². The van der Waals surface area contributed by atoms with Gasteiger partial charge in [0.1, 0.15) is 6.54 Å². The molecule has 0 atom stereocenters. The van der Waals surface area contributed by atoms with Crippen molar-refractivity contribution in [2.24, 2.45) is 0 Å². The maximum Gasteiger partial charge on any atom is 0.157 e. The highest BCUT2D eigenvalue weighted by Gasteiger charge is 2.23. The highest BCUT2D eigenvalue weighted by molar-refractivity contribution is 4.95. The summed E-state index contributed by atoms with van der Waals surface area (Å²) in [6.45, 7) is 7.34. The van der Waals surface area contributed by atoms with E-state index in [9.17, 15) is 0 Å². The van der Waals surface area contributed by atoms with Crippen LogP contribution in [0.5, 0.6) is 0 Å². The van der Waals surface area contributed by atoms with Crippen LogP contribution in [0.1, 0.15) is 31.9 Å². The van der Waals surface area contributed by atoms with Gasteiger partial charge in [0.15, 0.2) is 5.76 Å². The van der Waals surface area contributed by atoms with E-state index in [0.717, 1.165) is 18.3 Å². The van der Waals surface area contributed by atoms with Gasteiger partial charge in [-0.15, -0.1) is 0 Å². The molecule has 0 unspecified atom stereocenters. The van der Waals surface area contributed by atoms with Crippen molar-refractivity contribution in [1.82, 2.24) is 0 Å². The first kappa shape index (κ1) is 11.7. The molecule has 0 bridgehead atoms. The van der Waals surface area contributed by atoms with E-state index in [1.54, 1.807) is 11.2 Å². The Balaban J connectivity index is 1.65. The minimum absolute atomic E-state index is 0.811. The Morgan fingerprint density at radius 1 is 1.44 bits per heavy atom. The SMILES string of the molecule is CCC[NH+]1CCC([NH2+]Cc2ccco2)CC1. The molecule has 3 nitrogen and oxygen atoms in total. The van der Waals surface area contributed by atoms with E-state index in [1.807, 2.05) is 6.07 Å². The molecule has 1 fully saturated rings. The van der Waals surface area contributed by atoms with Crippen molar-refractivity contribution in [2.45, 2.75) is 38.8 Å². The fraction of sp³-hybridized carbons (Fsp3) is 0.692. The molecular weight excluding hydrogens is 200 g/mol. The van der Waals surface area contributed by atoms with E-state index in [1.165, 1.54) is 38.9 Å². The Hall–Kier alpha value is -0.800. The fourth-order valence-electron chi connectivity index (χ4n) is 2.60. The third-order valence-corrected chi connectivity index (χ3v) is 3.57. The Morgan fingerprint density at radius 2 is 2.25 bits per heavy atom. The monoisotopic (exact) mass is 224 g/mol. The van der Waals surface area contributed by atoms with Crippen molar-refractivity contribution in [3.05, 3.63) is 24.2 Å². The average Bonchev–Trinajstić information content (AvgIpc) is 2.82. The number of furan rings is 1. The lowest BCUT2D eigenvalue weighted by Gasteiger charge is -2.27. The standard InChI is InChI=1S/C13H22N2O/c1-2-7-15-8-5-12(6-9-15)14-11-13-4-3-10-16-13/h3-4,10,12,14H,2,5-9,11H2,1H3/p+2. The maximum absolute atomic E-state index is 5.35. The van der Waals surface area contributed by atoms with Gasteiger partial charge in [-0.05, 0) is 18.6 Å². The van der Waals surface area contributed by atoms with Crippen LogP contribution in [-0.4, -0.2) is 25.7 Å². The largest absolute Gasteiger partial charge is 0.463 e. The maximum atomic E-state index is 5.35. The molecule has 2 heterocycles. The van der Waals surface area contributed by atoms with Gasteiger partial charge in [-0.2, -0.15) is 0 Å². The summed E-state index contributed by atoms with van der Waals surface area (Å²) in [5.41, 5.74) is 0. The van der Waals surface area contributed by atoms with Crippen LogP contribution >= 0.6 is 0 Å². The zero-order chi connectivity index (χ0) is 11.2. The summed E-state index contributed by atoms with van der Waals surface area (Å²) in [5, 5.41) is 2.45. The Labute approximate surface area is 97.8 Å². The van der Waals surface area contributed by atoms with Gasteiger partial charge in [-0.3, -0.25) is 0 Å². The molecule has 2 rings (SSSR count). The molecule has 1 aliphatic rings. The van der Waals surface area contributed by atoms with Crippen LogP contribution in [0.4, 0.5) is 0 Å². The molecule has 1 aliphatic heterocycles. The van der Waals surface area contributed by atoms with Crippen LogP contribution < -0.4 is 10.2 Å². The predicted molar refractivity (Wildman–Crippen MR) is 63.2 cm³/mol. The number of rotatable bonds is 5. The van der Waals surface area contributed by atoms with E-state index in [2.05, 4.69) is 18.3 Å². The third-order valence-electron chi connectivity index (χ3n) is 3.57. The summed E-state index contributed by atoms with van der Waals surface area (Å²) < 4.78 is 5.35. The number of likely N-dealkylation sites (tertiary alicyclic amines) is 1. The van der Waals surface area contributed by atoms with E-state index < -0.39 is 0 Å². The molecule has 0 saturated carbocycles. The van der Waals surface area contributed by atoms with E-state index >= 15 is 0 Å². The summed E-state index contributed by atoms with van der Waals surface area (Å²) >= 11 is 0. The topological polar surface area (TPSA) is 34.2 Å². The lowest BCUT2D eigenvalue weighted by atomic mass is 10.0. The first-order valence-corrected chi connectivity index (χ1v) is 6.57. The summed E-state index contributed by atoms with van der Waals surface area (Å²) in [5.74, 6) is 1.10. The van der Waals surface area contributed by atoms with E-state index in [4.69, 9.17) is 4.42 Å². The van der Waals surface area contributed by atoms with Crippen LogP contribution in [0.15, 0.2) is 22.8 Å². The summed E-state index contributed by atoms with van der Waals surface area (Å²) in [7, 11) is 0. The van der Waals surface area contributed by atoms with Crippen molar-refractivity contribution in [2.75, 3.05) is 19.6 Å². The summed E-state index contributed by atoms with van der Waals surface area (Å²) in [4.78, 5) is 1.80. The summed E-state index contributed by atoms with van der Waals surface area (Å²) in [6, 6.07) is 4.84. The van der Waals surface area contributed by atoms with Gasteiger partial charge < -0.3 is 14.6 Å². The zero-order valence-electron chi connectivity index (χ0n) is 10.2. The molecule has 90 valence electrons. The Morgan fingerprint density at radius 3 is 2.88 bits per heavy atom. The minimum Gasteiger partial charge on any atom is -0.463 e. The van der Waals surface area contributed by atoms with Gasteiger partial charge in [0.2, 0.25) is 0 Å².